The molecular weight excluding hydrogens is 576 g/mol. The maximum absolute atomic E-state index is 13.7. The van der Waals surface area contributed by atoms with Gasteiger partial charge in [-0.05, 0) is 55.5 Å². The molecule has 2 aromatic rings. The van der Waals surface area contributed by atoms with Crippen LogP contribution in [0.25, 0.3) is 0 Å². The van der Waals surface area contributed by atoms with Crippen LogP contribution in [0.5, 0.6) is 0 Å². The fraction of sp³-hybridized carbons (Fsp3) is 0.516. The molecule has 0 aliphatic carbocycles. The summed E-state index contributed by atoms with van der Waals surface area (Å²) in [6.45, 7) is 4.50. The molecule has 234 valence electrons. The maximum Gasteiger partial charge on any atom is 0.416 e. The summed E-state index contributed by atoms with van der Waals surface area (Å²) in [6, 6.07) is 8.87. The number of rotatable bonds is 5. The normalized spacial score (nSPS) is 20.2. The average Bonchev–Trinajstić information content (AvgIpc) is 2.95. The largest absolute Gasteiger partial charge is 0.416 e. The van der Waals surface area contributed by atoms with Crippen molar-refractivity contribution in [2.75, 3.05) is 33.2 Å². The summed E-state index contributed by atoms with van der Waals surface area (Å²) in [4.78, 5) is 43.5. The number of nitrogens with zero attached hydrogens (tertiary/aromatic N) is 3. The fourth-order valence-electron chi connectivity index (χ4n) is 6.04. The summed E-state index contributed by atoms with van der Waals surface area (Å²) in [7, 11) is 1.36. The first-order chi connectivity index (χ1) is 20.0. The number of likely N-dealkylation sites (tertiary alicyclic amines) is 2. The van der Waals surface area contributed by atoms with Gasteiger partial charge in [0, 0.05) is 64.4 Å². The molecule has 0 saturated carbocycles. The minimum Gasteiger partial charge on any atom is -0.343 e. The minimum absolute atomic E-state index is 0.0338. The zero-order chi connectivity index (χ0) is 31.7. The molecule has 4 rings (SSSR count). The Bertz CT molecular complexity index is 1300. The smallest absolute Gasteiger partial charge is 0.343 e. The van der Waals surface area contributed by atoms with Crippen molar-refractivity contribution in [2.45, 2.75) is 57.9 Å². The molecule has 2 atom stereocenters. The lowest BCUT2D eigenvalue weighted by Gasteiger charge is -2.41. The van der Waals surface area contributed by atoms with Gasteiger partial charge in [0.2, 0.25) is 17.7 Å². The van der Waals surface area contributed by atoms with Gasteiger partial charge in [-0.2, -0.15) is 26.3 Å². The van der Waals surface area contributed by atoms with Crippen LogP contribution in [0, 0.1) is 18.8 Å². The van der Waals surface area contributed by atoms with E-state index in [0.29, 0.717) is 44.6 Å². The molecular formula is C31H35F6N3O3. The lowest BCUT2D eigenvalue weighted by atomic mass is 9.79. The Morgan fingerprint density at radius 1 is 0.837 bits per heavy atom. The lowest BCUT2D eigenvalue weighted by molar-refractivity contribution is -0.145. The number of piperidine rings is 2. The van der Waals surface area contributed by atoms with Crippen molar-refractivity contribution in [1.29, 1.82) is 0 Å². The minimum atomic E-state index is -4.99. The Kier molecular flexibility index (Phi) is 9.46. The van der Waals surface area contributed by atoms with Gasteiger partial charge in [-0.15, -0.1) is 0 Å². The number of alkyl halides is 6. The van der Waals surface area contributed by atoms with Gasteiger partial charge < -0.3 is 14.7 Å². The van der Waals surface area contributed by atoms with Gasteiger partial charge in [-0.3, -0.25) is 14.4 Å². The molecule has 2 aromatic carbocycles. The van der Waals surface area contributed by atoms with E-state index in [0.717, 1.165) is 16.0 Å². The molecule has 2 aliphatic heterocycles. The van der Waals surface area contributed by atoms with Crippen LogP contribution in [0.1, 0.15) is 59.9 Å². The average molecular weight is 612 g/mol. The zero-order valence-corrected chi connectivity index (χ0v) is 24.3. The highest BCUT2D eigenvalue weighted by Gasteiger charge is 2.41. The van der Waals surface area contributed by atoms with E-state index in [9.17, 15) is 40.7 Å². The van der Waals surface area contributed by atoms with Crippen LogP contribution in [0.15, 0.2) is 42.5 Å². The molecule has 2 unspecified atom stereocenters. The van der Waals surface area contributed by atoms with E-state index < -0.39 is 47.8 Å². The Balaban J connectivity index is 1.54. The summed E-state index contributed by atoms with van der Waals surface area (Å²) in [6.07, 6.45) is -8.59. The van der Waals surface area contributed by atoms with Crippen LogP contribution in [-0.2, 0) is 33.3 Å². The summed E-state index contributed by atoms with van der Waals surface area (Å²) in [5.74, 6) is -1.79. The number of carbonyl (C=O) groups excluding carboxylic acids is 3. The van der Waals surface area contributed by atoms with Gasteiger partial charge in [0.05, 0.1) is 11.1 Å². The van der Waals surface area contributed by atoms with E-state index in [4.69, 9.17) is 0 Å². The summed E-state index contributed by atoms with van der Waals surface area (Å²) in [5.41, 5.74) is -1.34. The first kappa shape index (κ1) is 32.3. The number of hydrogen-bond donors (Lipinski definition) is 0. The van der Waals surface area contributed by atoms with E-state index >= 15 is 0 Å². The highest BCUT2D eigenvalue weighted by molar-refractivity contribution is 5.82. The number of hydrogen-bond acceptors (Lipinski definition) is 3. The van der Waals surface area contributed by atoms with Crippen molar-refractivity contribution in [3.63, 3.8) is 0 Å². The Labute approximate surface area is 246 Å². The van der Waals surface area contributed by atoms with E-state index in [1.54, 1.807) is 9.80 Å². The number of halogens is 6. The number of amides is 3. The molecule has 2 aliphatic rings. The Morgan fingerprint density at radius 2 is 1.37 bits per heavy atom. The van der Waals surface area contributed by atoms with Gasteiger partial charge >= 0.3 is 12.4 Å². The predicted molar refractivity (Wildman–Crippen MR) is 147 cm³/mol. The summed E-state index contributed by atoms with van der Waals surface area (Å²) >= 11 is 0. The topological polar surface area (TPSA) is 60.9 Å². The third kappa shape index (κ3) is 7.69. The third-order valence-corrected chi connectivity index (χ3v) is 8.48. The molecule has 0 aromatic heterocycles. The summed E-state index contributed by atoms with van der Waals surface area (Å²) in [5, 5.41) is 0. The van der Waals surface area contributed by atoms with Crippen molar-refractivity contribution in [3.8, 4) is 0 Å². The quantitative estimate of drug-likeness (QED) is 0.397. The van der Waals surface area contributed by atoms with Crippen molar-refractivity contribution < 1.29 is 40.7 Å². The molecule has 0 N–H and O–H groups in total. The fourth-order valence-corrected chi connectivity index (χ4v) is 6.04. The number of aryl methyl sites for hydroxylation is 1. The molecule has 2 heterocycles. The molecule has 43 heavy (non-hydrogen) atoms. The van der Waals surface area contributed by atoms with E-state index in [1.165, 1.54) is 14.0 Å². The third-order valence-electron chi connectivity index (χ3n) is 8.48. The lowest BCUT2D eigenvalue weighted by Crippen LogP contribution is -2.50. The number of benzene rings is 2. The van der Waals surface area contributed by atoms with Crippen molar-refractivity contribution in [2.24, 2.45) is 11.8 Å². The molecule has 0 radical (unpaired) electrons. The molecule has 0 bridgehead atoms. The van der Waals surface area contributed by atoms with Gasteiger partial charge in [0.15, 0.2) is 0 Å². The standard InChI is InChI=1S/C31H35F6N3O3/c1-19-4-6-22(7-5-19)27-18-40(28(42)23-8-11-39(12-9-23)20(2)41)13-10-26(27)29(43)38(3)17-21-14-24(30(32,33)34)16-25(15-21)31(35,36)37/h4-7,14-16,23,26-27H,8-13,17-18H2,1-3H3. The second-order valence-corrected chi connectivity index (χ2v) is 11.6. The second-order valence-electron chi connectivity index (χ2n) is 11.6. The van der Waals surface area contributed by atoms with Crippen molar-refractivity contribution in [3.05, 3.63) is 70.3 Å². The predicted octanol–water partition coefficient (Wildman–Crippen LogP) is 5.88. The molecule has 3 amide bonds. The highest BCUT2D eigenvalue weighted by Crippen LogP contribution is 2.38. The van der Waals surface area contributed by atoms with Crippen LogP contribution in [-0.4, -0.2) is 65.6 Å². The van der Waals surface area contributed by atoms with Crippen LogP contribution in [0.3, 0.4) is 0 Å². The van der Waals surface area contributed by atoms with Gasteiger partial charge in [-0.25, -0.2) is 0 Å². The van der Waals surface area contributed by atoms with Crippen LogP contribution >= 0.6 is 0 Å². The van der Waals surface area contributed by atoms with Gasteiger partial charge in [-0.1, -0.05) is 29.8 Å². The molecule has 12 heteroatoms. The molecule has 0 spiro atoms. The maximum atomic E-state index is 13.7. The molecule has 6 nitrogen and oxygen atoms in total. The first-order valence-corrected chi connectivity index (χ1v) is 14.2. The second kappa shape index (κ2) is 12.6. The Morgan fingerprint density at radius 3 is 1.88 bits per heavy atom. The number of carbonyl (C=O) groups is 3. The highest BCUT2D eigenvalue weighted by atomic mass is 19.4. The van der Waals surface area contributed by atoms with Crippen molar-refractivity contribution in [1.82, 2.24) is 14.7 Å². The molecule has 2 fully saturated rings. The first-order valence-electron chi connectivity index (χ1n) is 14.2. The van der Waals surface area contributed by atoms with E-state index in [-0.39, 0.29) is 42.3 Å². The zero-order valence-electron chi connectivity index (χ0n) is 24.3. The van der Waals surface area contributed by atoms with E-state index in [2.05, 4.69) is 0 Å². The van der Waals surface area contributed by atoms with Crippen molar-refractivity contribution >= 4 is 17.7 Å². The van der Waals surface area contributed by atoms with Gasteiger partial charge in [0.25, 0.3) is 0 Å². The van der Waals surface area contributed by atoms with Gasteiger partial charge in [0.1, 0.15) is 0 Å². The Hall–Kier alpha value is -3.57. The van der Waals surface area contributed by atoms with Crippen LogP contribution in [0.2, 0.25) is 0 Å². The SMILES string of the molecule is CC(=O)N1CCC(C(=O)N2CCC(C(=O)N(C)Cc3cc(C(F)(F)F)cc(C(F)(F)F)c3)C(c3ccc(C)cc3)C2)CC1. The molecule has 2 saturated heterocycles. The monoisotopic (exact) mass is 611 g/mol. The van der Waals surface area contributed by atoms with E-state index in [1.807, 2.05) is 31.2 Å². The van der Waals surface area contributed by atoms with Crippen LogP contribution in [0.4, 0.5) is 26.3 Å². The summed E-state index contributed by atoms with van der Waals surface area (Å²) < 4.78 is 80.3. The van der Waals surface area contributed by atoms with Crippen LogP contribution < -0.4 is 0 Å².